The molecule has 1 aromatic heterocycles. The van der Waals surface area contributed by atoms with Gasteiger partial charge in [0.15, 0.2) is 6.23 Å². The highest BCUT2D eigenvalue weighted by molar-refractivity contribution is 5.29. The number of epoxide rings is 1. The largest absolute Gasteiger partial charge is 0.391 e. The average molecular weight is 252 g/mol. The van der Waals surface area contributed by atoms with Gasteiger partial charge < -0.3 is 25.6 Å². The summed E-state index contributed by atoms with van der Waals surface area (Å²) in [5, 5.41) is 12.5. The van der Waals surface area contributed by atoms with Gasteiger partial charge in [-0.25, -0.2) is 4.79 Å². The minimum Gasteiger partial charge on any atom is -0.391 e. The van der Waals surface area contributed by atoms with Gasteiger partial charge in [0, 0.05) is 12.7 Å². The standard InChI is InChI=1S/C10H12N4O4/c11-5-1-2-14(8(16)13-5)7-9(3-12-9)6-10(4-15,17-6)18-7/h1-2,6-7,12,15H,3-4H2,(H2,11,13,16)/t6-,7-,9?,10?/m1/s1. The molecule has 8 nitrogen and oxygen atoms in total. The minimum absolute atomic E-state index is 0.172. The van der Waals surface area contributed by atoms with Crippen LogP contribution in [0.25, 0.3) is 0 Å². The molecule has 3 saturated heterocycles. The topological polar surface area (TPSA) is 125 Å². The summed E-state index contributed by atoms with van der Waals surface area (Å²) in [5.74, 6) is -0.792. The van der Waals surface area contributed by atoms with Gasteiger partial charge >= 0.3 is 5.69 Å². The Morgan fingerprint density at radius 1 is 1.67 bits per heavy atom. The van der Waals surface area contributed by atoms with Crippen LogP contribution in [0.3, 0.4) is 0 Å². The molecule has 4 atom stereocenters. The molecule has 2 unspecified atom stereocenters. The van der Waals surface area contributed by atoms with Crippen LogP contribution in [0.1, 0.15) is 6.23 Å². The zero-order valence-electron chi connectivity index (χ0n) is 9.37. The van der Waals surface area contributed by atoms with Gasteiger partial charge in [0.05, 0.1) is 0 Å². The second kappa shape index (κ2) is 2.91. The highest BCUT2D eigenvalue weighted by Gasteiger charge is 2.81. The van der Waals surface area contributed by atoms with Crippen molar-refractivity contribution in [3.63, 3.8) is 0 Å². The number of nitrogen functional groups attached to an aromatic ring is 1. The van der Waals surface area contributed by atoms with Crippen LogP contribution < -0.4 is 16.7 Å². The van der Waals surface area contributed by atoms with Crippen LogP contribution in [0.4, 0.5) is 5.82 Å². The fourth-order valence-electron chi connectivity index (χ4n) is 2.71. The molecule has 8 heteroatoms. The lowest BCUT2D eigenvalue weighted by molar-refractivity contribution is -0.144. The SMILES string of the molecule is Nc1ccn([C@@H]2OC3(CO)O[C@@H]3C23CN3)c(=O)n1. The van der Waals surface area contributed by atoms with Crippen molar-refractivity contribution in [2.75, 3.05) is 18.9 Å². The van der Waals surface area contributed by atoms with E-state index in [1.54, 1.807) is 6.20 Å². The molecule has 0 radical (unpaired) electrons. The van der Waals surface area contributed by atoms with Crippen molar-refractivity contribution in [3.05, 3.63) is 22.7 Å². The predicted molar refractivity (Wildman–Crippen MR) is 58.5 cm³/mol. The van der Waals surface area contributed by atoms with Crippen LogP contribution in [0.15, 0.2) is 17.1 Å². The highest BCUT2D eigenvalue weighted by atomic mass is 16.8. The maximum atomic E-state index is 11.8. The van der Waals surface area contributed by atoms with Gasteiger partial charge in [-0.05, 0) is 6.07 Å². The number of hydrogen-bond donors (Lipinski definition) is 3. The van der Waals surface area contributed by atoms with Gasteiger partial charge in [0.2, 0.25) is 5.79 Å². The van der Waals surface area contributed by atoms with Gasteiger partial charge in [-0.15, -0.1) is 0 Å². The summed E-state index contributed by atoms with van der Waals surface area (Å²) < 4.78 is 12.5. The zero-order valence-corrected chi connectivity index (χ0v) is 9.37. The smallest absolute Gasteiger partial charge is 0.351 e. The number of nitrogens with zero attached hydrogens (tertiary/aromatic N) is 2. The lowest BCUT2D eigenvalue weighted by atomic mass is 10.0. The fraction of sp³-hybridized carbons (Fsp3) is 0.600. The van der Waals surface area contributed by atoms with Crippen molar-refractivity contribution >= 4 is 5.82 Å². The number of ether oxygens (including phenoxy) is 2. The molecule has 3 aliphatic rings. The molecular formula is C10H12N4O4. The van der Waals surface area contributed by atoms with Gasteiger partial charge in [-0.3, -0.25) is 4.57 Å². The van der Waals surface area contributed by atoms with Gasteiger partial charge in [0.25, 0.3) is 0 Å². The van der Waals surface area contributed by atoms with Crippen LogP contribution in [0.5, 0.6) is 0 Å². The summed E-state index contributed by atoms with van der Waals surface area (Å²) in [6.45, 7) is 0.454. The number of fused-ring (bicyclic) bond motifs is 2. The molecule has 0 aliphatic carbocycles. The van der Waals surface area contributed by atoms with E-state index in [2.05, 4.69) is 10.3 Å². The quantitative estimate of drug-likeness (QED) is 0.509. The van der Waals surface area contributed by atoms with Crippen LogP contribution in [0.2, 0.25) is 0 Å². The second-order valence-electron chi connectivity index (χ2n) is 4.87. The van der Waals surface area contributed by atoms with Crippen molar-refractivity contribution < 1.29 is 14.6 Å². The molecule has 4 N–H and O–H groups in total. The maximum absolute atomic E-state index is 11.8. The highest BCUT2D eigenvalue weighted by Crippen LogP contribution is 2.60. The Balaban J connectivity index is 1.76. The van der Waals surface area contributed by atoms with Gasteiger partial charge in [-0.2, -0.15) is 4.98 Å². The Morgan fingerprint density at radius 2 is 2.44 bits per heavy atom. The van der Waals surface area contributed by atoms with E-state index >= 15 is 0 Å². The van der Waals surface area contributed by atoms with E-state index in [4.69, 9.17) is 15.2 Å². The molecule has 0 aromatic carbocycles. The second-order valence-corrected chi connectivity index (χ2v) is 4.87. The number of aromatic nitrogens is 2. The molecule has 0 bridgehead atoms. The first kappa shape index (κ1) is 10.4. The summed E-state index contributed by atoms with van der Waals surface area (Å²) in [6, 6.07) is 1.54. The normalized spacial score (nSPS) is 44.1. The van der Waals surface area contributed by atoms with Crippen molar-refractivity contribution in [1.82, 2.24) is 14.9 Å². The van der Waals surface area contributed by atoms with E-state index in [1.807, 2.05) is 0 Å². The number of hydrogen-bond acceptors (Lipinski definition) is 7. The van der Waals surface area contributed by atoms with E-state index in [0.29, 0.717) is 6.54 Å². The fourth-order valence-corrected chi connectivity index (χ4v) is 2.71. The number of nitrogens with two attached hydrogens (primary N) is 1. The van der Waals surface area contributed by atoms with E-state index in [0.717, 1.165) is 0 Å². The molecule has 4 heterocycles. The van der Waals surface area contributed by atoms with Crippen molar-refractivity contribution in [2.24, 2.45) is 0 Å². The van der Waals surface area contributed by atoms with Crippen LogP contribution in [-0.4, -0.2) is 45.2 Å². The Morgan fingerprint density at radius 3 is 3.06 bits per heavy atom. The first-order chi connectivity index (χ1) is 8.61. The molecule has 1 spiro atoms. The predicted octanol–water partition coefficient (Wildman–Crippen LogP) is -2.22. The van der Waals surface area contributed by atoms with Crippen LogP contribution in [-0.2, 0) is 9.47 Å². The number of aliphatic hydroxyl groups excluding tert-OH is 1. The third kappa shape index (κ3) is 1.08. The zero-order chi connectivity index (χ0) is 12.5. The lowest BCUT2D eigenvalue weighted by Gasteiger charge is -2.22. The first-order valence-corrected chi connectivity index (χ1v) is 5.67. The van der Waals surface area contributed by atoms with E-state index < -0.39 is 23.2 Å². The molecule has 3 fully saturated rings. The van der Waals surface area contributed by atoms with Crippen molar-refractivity contribution in [3.8, 4) is 0 Å². The third-order valence-corrected chi connectivity index (χ3v) is 3.79. The molecule has 0 amide bonds. The molecule has 1 aromatic rings. The maximum Gasteiger partial charge on any atom is 0.351 e. The Labute approximate surface area is 101 Å². The summed E-state index contributed by atoms with van der Waals surface area (Å²) in [6.07, 6.45) is 0.806. The monoisotopic (exact) mass is 252 g/mol. The van der Waals surface area contributed by atoms with Crippen LogP contribution in [0, 0.1) is 0 Å². The van der Waals surface area contributed by atoms with Crippen molar-refractivity contribution in [1.29, 1.82) is 0 Å². The molecular weight excluding hydrogens is 240 g/mol. The third-order valence-electron chi connectivity index (χ3n) is 3.79. The summed E-state index contributed by atoms with van der Waals surface area (Å²) in [4.78, 5) is 15.5. The van der Waals surface area contributed by atoms with Gasteiger partial charge in [0.1, 0.15) is 24.1 Å². The van der Waals surface area contributed by atoms with Gasteiger partial charge in [-0.1, -0.05) is 0 Å². The lowest BCUT2D eigenvalue weighted by Crippen LogP contribution is -2.38. The van der Waals surface area contributed by atoms with E-state index in [1.165, 1.54) is 10.6 Å². The summed E-state index contributed by atoms with van der Waals surface area (Å²) in [7, 11) is 0. The minimum atomic E-state index is -0.963. The Kier molecular flexibility index (Phi) is 1.69. The van der Waals surface area contributed by atoms with Crippen LogP contribution >= 0.6 is 0 Å². The molecule has 18 heavy (non-hydrogen) atoms. The first-order valence-electron chi connectivity index (χ1n) is 5.67. The Bertz CT molecular complexity index is 583. The molecule has 96 valence electrons. The summed E-state index contributed by atoms with van der Waals surface area (Å²) >= 11 is 0. The van der Waals surface area contributed by atoms with E-state index in [9.17, 15) is 9.90 Å². The van der Waals surface area contributed by atoms with E-state index in [-0.39, 0.29) is 18.5 Å². The Hall–Kier alpha value is -1.48. The summed E-state index contributed by atoms with van der Waals surface area (Å²) in [5.41, 5.74) is 4.56. The molecule has 0 saturated carbocycles. The number of anilines is 1. The van der Waals surface area contributed by atoms with Crippen molar-refractivity contribution in [2.45, 2.75) is 23.7 Å². The molecule has 3 aliphatic heterocycles. The molecule has 4 rings (SSSR count). The number of nitrogens with one attached hydrogen (secondary N) is 1. The number of rotatable bonds is 2. The number of aliphatic hydroxyl groups is 1. The average Bonchev–Trinajstić information content (AvgIpc) is 3.19.